The number of carbonyl (C=O) groups excluding carboxylic acids is 1. The van der Waals surface area contributed by atoms with Crippen LogP contribution in [0.5, 0.6) is 0 Å². The van der Waals surface area contributed by atoms with E-state index in [1.54, 1.807) is 6.20 Å². The molecular formula is C21H28Cl2N4O. The quantitative estimate of drug-likeness (QED) is 0.814. The Morgan fingerprint density at radius 1 is 1.07 bits per heavy atom. The lowest BCUT2D eigenvalue weighted by molar-refractivity contribution is 0.0607. The SMILES string of the molecule is CN(c1ccccc1)c1ccc(C(=O)N2CCC3(CCNC3)CC2)cn1.Cl.Cl. The largest absolute Gasteiger partial charge is 0.339 e. The summed E-state index contributed by atoms with van der Waals surface area (Å²) in [5.74, 6) is 0.939. The van der Waals surface area contributed by atoms with Gasteiger partial charge in [-0.15, -0.1) is 24.8 Å². The molecular weight excluding hydrogens is 395 g/mol. The van der Waals surface area contributed by atoms with Crippen LogP contribution in [-0.2, 0) is 0 Å². The van der Waals surface area contributed by atoms with Gasteiger partial charge in [0.2, 0.25) is 0 Å². The van der Waals surface area contributed by atoms with Crippen LogP contribution < -0.4 is 10.2 Å². The lowest BCUT2D eigenvalue weighted by Crippen LogP contribution is -2.44. The zero-order valence-corrected chi connectivity index (χ0v) is 17.8. The van der Waals surface area contributed by atoms with Gasteiger partial charge in [0.05, 0.1) is 5.56 Å². The highest BCUT2D eigenvalue weighted by Gasteiger charge is 2.38. The predicted octanol–water partition coefficient (Wildman–Crippen LogP) is 3.91. The Morgan fingerprint density at radius 3 is 2.36 bits per heavy atom. The number of amides is 1. The molecule has 0 radical (unpaired) electrons. The Kier molecular flexibility index (Phi) is 7.70. The Hall–Kier alpha value is -1.82. The van der Waals surface area contributed by atoms with E-state index in [-0.39, 0.29) is 30.7 Å². The molecule has 1 aromatic heterocycles. The number of hydrogen-bond donors (Lipinski definition) is 1. The summed E-state index contributed by atoms with van der Waals surface area (Å²) in [6.45, 7) is 3.93. The molecule has 2 aliphatic heterocycles. The molecule has 0 bridgehead atoms. The van der Waals surface area contributed by atoms with Crippen molar-refractivity contribution < 1.29 is 4.79 Å². The van der Waals surface area contributed by atoms with Gasteiger partial charge in [0.15, 0.2) is 0 Å². The van der Waals surface area contributed by atoms with Crippen LogP contribution in [0.25, 0.3) is 0 Å². The number of anilines is 2. The third-order valence-corrected chi connectivity index (χ3v) is 5.93. The molecule has 152 valence electrons. The Bertz CT molecular complexity index is 754. The summed E-state index contributed by atoms with van der Waals surface area (Å²) in [5.41, 5.74) is 2.18. The van der Waals surface area contributed by atoms with E-state index >= 15 is 0 Å². The lowest BCUT2D eigenvalue weighted by Gasteiger charge is -2.38. The number of nitrogens with one attached hydrogen (secondary N) is 1. The summed E-state index contributed by atoms with van der Waals surface area (Å²) in [7, 11) is 1.98. The zero-order valence-electron chi connectivity index (χ0n) is 16.1. The van der Waals surface area contributed by atoms with Crippen molar-refractivity contribution in [3.05, 3.63) is 54.2 Å². The average Bonchev–Trinajstić information content (AvgIpc) is 3.16. The topological polar surface area (TPSA) is 48.5 Å². The van der Waals surface area contributed by atoms with Crippen molar-refractivity contribution >= 4 is 42.2 Å². The van der Waals surface area contributed by atoms with Gasteiger partial charge < -0.3 is 15.1 Å². The first-order valence-electron chi connectivity index (χ1n) is 9.42. The molecule has 1 amide bonds. The molecule has 0 atom stereocenters. The van der Waals surface area contributed by atoms with E-state index in [1.165, 1.54) is 6.42 Å². The van der Waals surface area contributed by atoms with Crippen molar-refractivity contribution in [1.29, 1.82) is 0 Å². The number of piperidine rings is 1. The second-order valence-corrected chi connectivity index (χ2v) is 7.52. The number of rotatable bonds is 3. The van der Waals surface area contributed by atoms with Gasteiger partial charge in [-0.05, 0) is 55.5 Å². The Balaban J connectivity index is 0.00000140. The molecule has 2 saturated heterocycles. The number of halogens is 2. The van der Waals surface area contributed by atoms with Crippen molar-refractivity contribution in [3.8, 4) is 0 Å². The lowest BCUT2D eigenvalue weighted by atomic mass is 9.78. The number of para-hydroxylation sites is 1. The van der Waals surface area contributed by atoms with E-state index in [4.69, 9.17) is 0 Å². The van der Waals surface area contributed by atoms with Crippen molar-refractivity contribution in [2.75, 3.05) is 38.1 Å². The molecule has 0 aliphatic carbocycles. The van der Waals surface area contributed by atoms with Gasteiger partial charge in [0.1, 0.15) is 5.82 Å². The molecule has 4 rings (SSSR count). The molecule has 3 heterocycles. The smallest absolute Gasteiger partial charge is 0.255 e. The maximum absolute atomic E-state index is 12.8. The third kappa shape index (κ3) is 4.59. The summed E-state index contributed by atoms with van der Waals surface area (Å²) >= 11 is 0. The fourth-order valence-electron chi connectivity index (χ4n) is 4.08. The van der Waals surface area contributed by atoms with E-state index in [1.807, 2.05) is 59.3 Å². The van der Waals surface area contributed by atoms with Crippen LogP contribution in [0.3, 0.4) is 0 Å². The summed E-state index contributed by atoms with van der Waals surface area (Å²) in [4.78, 5) is 21.3. The average molecular weight is 423 g/mol. The molecule has 0 saturated carbocycles. The second-order valence-electron chi connectivity index (χ2n) is 7.52. The molecule has 2 fully saturated rings. The first-order valence-corrected chi connectivity index (χ1v) is 9.42. The first kappa shape index (κ1) is 22.5. The number of pyridine rings is 1. The maximum atomic E-state index is 12.8. The summed E-state index contributed by atoms with van der Waals surface area (Å²) in [6, 6.07) is 13.9. The monoisotopic (exact) mass is 422 g/mol. The summed E-state index contributed by atoms with van der Waals surface area (Å²) in [5, 5.41) is 3.47. The summed E-state index contributed by atoms with van der Waals surface area (Å²) < 4.78 is 0. The van der Waals surface area contributed by atoms with E-state index in [0.29, 0.717) is 11.0 Å². The van der Waals surface area contributed by atoms with Gasteiger partial charge in [-0.1, -0.05) is 18.2 Å². The van der Waals surface area contributed by atoms with Crippen LogP contribution in [0.1, 0.15) is 29.6 Å². The van der Waals surface area contributed by atoms with Crippen molar-refractivity contribution in [1.82, 2.24) is 15.2 Å². The number of aromatic nitrogens is 1. The molecule has 7 heteroatoms. The number of nitrogens with zero attached hydrogens (tertiary/aromatic N) is 3. The van der Waals surface area contributed by atoms with Crippen molar-refractivity contribution in [2.45, 2.75) is 19.3 Å². The molecule has 1 aromatic carbocycles. The first-order chi connectivity index (χ1) is 12.7. The standard InChI is InChI=1S/C21H26N4O.2ClH/c1-24(18-5-3-2-4-6-18)19-8-7-17(15-23-19)20(26)25-13-10-21(11-14-25)9-12-22-16-21;;/h2-8,15,22H,9-14,16H2,1H3;2*1H. The second kappa shape index (κ2) is 9.59. The van der Waals surface area contributed by atoms with Gasteiger partial charge in [0, 0.05) is 38.6 Å². The molecule has 2 aromatic rings. The van der Waals surface area contributed by atoms with E-state index in [2.05, 4.69) is 10.3 Å². The fourth-order valence-corrected chi connectivity index (χ4v) is 4.08. The number of hydrogen-bond acceptors (Lipinski definition) is 4. The van der Waals surface area contributed by atoms with Gasteiger partial charge in [-0.3, -0.25) is 4.79 Å². The van der Waals surface area contributed by atoms with Crippen LogP contribution in [-0.4, -0.2) is 49.0 Å². The molecule has 1 N–H and O–H groups in total. The van der Waals surface area contributed by atoms with E-state index in [9.17, 15) is 4.79 Å². The van der Waals surface area contributed by atoms with Crippen molar-refractivity contribution in [3.63, 3.8) is 0 Å². The number of carbonyl (C=O) groups is 1. The maximum Gasteiger partial charge on any atom is 0.255 e. The van der Waals surface area contributed by atoms with Crippen LogP contribution in [0, 0.1) is 5.41 Å². The van der Waals surface area contributed by atoms with E-state index in [0.717, 1.165) is 50.5 Å². The molecule has 5 nitrogen and oxygen atoms in total. The van der Waals surface area contributed by atoms with Crippen LogP contribution >= 0.6 is 24.8 Å². The zero-order chi connectivity index (χ0) is 18.0. The van der Waals surface area contributed by atoms with Gasteiger partial charge in [-0.2, -0.15) is 0 Å². The van der Waals surface area contributed by atoms with Gasteiger partial charge in [0.25, 0.3) is 5.91 Å². The molecule has 2 aliphatic rings. The van der Waals surface area contributed by atoms with E-state index < -0.39 is 0 Å². The minimum Gasteiger partial charge on any atom is -0.339 e. The van der Waals surface area contributed by atoms with Crippen LogP contribution in [0.15, 0.2) is 48.7 Å². The Labute approximate surface area is 179 Å². The van der Waals surface area contributed by atoms with Gasteiger partial charge >= 0.3 is 0 Å². The molecule has 1 spiro atoms. The van der Waals surface area contributed by atoms with Crippen LogP contribution in [0.2, 0.25) is 0 Å². The third-order valence-electron chi connectivity index (χ3n) is 5.93. The molecule has 28 heavy (non-hydrogen) atoms. The minimum absolute atomic E-state index is 0. The minimum atomic E-state index is 0. The Morgan fingerprint density at radius 2 is 1.79 bits per heavy atom. The summed E-state index contributed by atoms with van der Waals surface area (Å²) in [6.07, 6.45) is 5.16. The number of likely N-dealkylation sites (tertiary alicyclic amines) is 1. The predicted molar refractivity (Wildman–Crippen MR) is 118 cm³/mol. The highest BCUT2D eigenvalue weighted by Crippen LogP contribution is 2.37. The normalized spacial score (nSPS) is 17.5. The number of benzene rings is 1. The fraction of sp³-hybridized carbons (Fsp3) is 0.429. The van der Waals surface area contributed by atoms with Crippen LogP contribution in [0.4, 0.5) is 11.5 Å². The highest BCUT2D eigenvalue weighted by molar-refractivity contribution is 5.94. The van der Waals surface area contributed by atoms with Crippen molar-refractivity contribution in [2.24, 2.45) is 5.41 Å². The molecule has 0 unspecified atom stereocenters. The highest BCUT2D eigenvalue weighted by atomic mass is 35.5. The van der Waals surface area contributed by atoms with Gasteiger partial charge in [-0.25, -0.2) is 4.98 Å².